The van der Waals surface area contributed by atoms with Gasteiger partial charge in [0.05, 0.1) is 17.7 Å². The molecule has 0 aromatic carbocycles. The summed E-state index contributed by atoms with van der Waals surface area (Å²) in [5.74, 6) is 0.975. The van der Waals surface area contributed by atoms with Crippen molar-refractivity contribution in [3.63, 3.8) is 0 Å². The maximum Gasteiger partial charge on any atom is 0.318 e. The third kappa shape index (κ3) is 3.91. The van der Waals surface area contributed by atoms with Crippen LogP contribution in [0.1, 0.15) is 12.8 Å². The number of nitrogens with zero attached hydrogens (tertiary/aromatic N) is 3. The third-order valence-corrected chi connectivity index (χ3v) is 3.97. The molecule has 1 fully saturated rings. The fraction of sp³-hybridized carbons (Fsp3) is 0.357. The summed E-state index contributed by atoms with van der Waals surface area (Å²) in [7, 11) is 1.61. The Kier molecular flexibility index (Phi) is 5.51. The highest BCUT2D eigenvalue weighted by molar-refractivity contribution is 7.13. The molecule has 2 aromatic heterocycles. The normalized spacial score (nSPS) is 13.5. The van der Waals surface area contributed by atoms with E-state index in [2.05, 4.69) is 32.4 Å². The zero-order valence-electron chi connectivity index (χ0n) is 11.7. The van der Waals surface area contributed by atoms with Crippen molar-refractivity contribution < 1.29 is 14.6 Å². The molecule has 1 saturated heterocycles. The summed E-state index contributed by atoms with van der Waals surface area (Å²) >= 11 is 1.68. The van der Waals surface area contributed by atoms with E-state index >= 15 is 0 Å². The molecule has 7 heteroatoms. The first-order valence-corrected chi connectivity index (χ1v) is 7.46. The van der Waals surface area contributed by atoms with Crippen LogP contribution >= 0.6 is 11.3 Å². The summed E-state index contributed by atoms with van der Waals surface area (Å²) in [6.45, 7) is 1.90. The Bertz CT molecular complexity index is 569. The second-order valence-corrected chi connectivity index (χ2v) is 5.32. The predicted molar refractivity (Wildman–Crippen MR) is 82.0 cm³/mol. The van der Waals surface area contributed by atoms with E-state index in [1.54, 1.807) is 18.4 Å². The third-order valence-electron chi connectivity index (χ3n) is 3.08. The zero-order chi connectivity index (χ0) is 15.1. The van der Waals surface area contributed by atoms with Crippen LogP contribution in [-0.4, -0.2) is 41.7 Å². The Morgan fingerprint density at radius 2 is 2.10 bits per heavy atom. The van der Waals surface area contributed by atoms with Gasteiger partial charge in [0.15, 0.2) is 0 Å². The Hall–Kier alpha value is -2.15. The topological polar surface area (TPSA) is 75.5 Å². The molecule has 1 N–H and O–H groups in total. The maximum absolute atomic E-state index is 8.36. The number of methoxy groups -OCH3 is 1. The molecule has 0 unspecified atom stereocenters. The van der Waals surface area contributed by atoms with Gasteiger partial charge in [-0.3, -0.25) is 4.79 Å². The van der Waals surface area contributed by atoms with E-state index in [1.807, 2.05) is 6.07 Å². The van der Waals surface area contributed by atoms with Crippen molar-refractivity contribution in [1.29, 1.82) is 0 Å². The predicted octanol–water partition coefficient (Wildman–Crippen LogP) is 2.51. The first kappa shape index (κ1) is 15.2. The van der Waals surface area contributed by atoms with Crippen molar-refractivity contribution in [2.24, 2.45) is 0 Å². The van der Waals surface area contributed by atoms with Crippen molar-refractivity contribution in [3.8, 4) is 16.6 Å². The van der Waals surface area contributed by atoms with Crippen LogP contribution in [0, 0.1) is 0 Å². The molecule has 0 spiro atoms. The van der Waals surface area contributed by atoms with Gasteiger partial charge in [-0.25, -0.2) is 0 Å². The average Bonchev–Trinajstić information content (AvgIpc) is 3.20. The summed E-state index contributed by atoms with van der Waals surface area (Å²) in [6.07, 6.45) is 2.47. The number of anilines is 1. The van der Waals surface area contributed by atoms with E-state index in [0.29, 0.717) is 6.01 Å². The molecule has 0 amide bonds. The fourth-order valence-corrected chi connectivity index (χ4v) is 2.85. The number of aromatic nitrogens is 2. The van der Waals surface area contributed by atoms with Gasteiger partial charge in [-0.15, -0.1) is 11.3 Å². The number of thiophene rings is 1. The van der Waals surface area contributed by atoms with E-state index in [4.69, 9.17) is 14.6 Å². The van der Waals surface area contributed by atoms with Crippen molar-refractivity contribution in [2.75, 3.05) is 25.1 Å². The van der Waals surface area contributed by atoms with Crippen LogP contribution in [0.4, 0.5) is 5.82 Å². The van der Waals surface area contributed by atoms with Crippen molar-refractivity contribution >= 4 is 23.6 Å². The van der Waals surface area contributed by atoms with E-state index in [0.717, 1.165) is 29.5 Å². The summed E-state index contributed by atoms with van der Waals surface area (Å²) in [5.41, 5.74) is 0.943. The highest BCUT2D eigenvalue weighted by Gasteiger charge is 2.16. The molecular formula is C14H17N3O3S. The van der Waals surface area contributed by atoms with Gasteiger partial charge in [0.1, 0.15) is 5.82 Å². The Morgan fingerprint density at radius 1 is 1.38 bits per heavy atom. The molecule has 0 atom stereocenters. The Morgan fingerprint density at radius 3 is 2.67 bits per heavy atom. The van der Waals surface area contributed by atoms with Gasteiger partial charge in [-0.1, -0.05) is 6.07 Å². The molecule has 0 bridgehead atoms. The minimum Gasteiger partial charge on any atom is -0.483 e. The summed E-state index contributed by atoms with van der Waals surface area (Å²) in [4.78, 5) is 20.7. The van der Waals surface area contributed by atoms with Crippen LogP contribution in [0.25, 0.3) is 10.6 Å². The molecule has 3 rings (SSSR count). The summed E-state index contributed by atoms with van der Waals surface area (Å²) in [5, 5.41) is 8.94. The van der Waals surface area contributed by atoms with Gasteiger partial charge >= 0.3 is 6.01 Å². The minimum atomic E-state index is -0.250. The largest absolute Gasteiger partial charge is 0.483 e. The van der Waals surface area contributed by atoms with Crippen LogP contribution in [0.5, 0.6) is 6.01 Å². The number of rotatable bonds is 3. The minimum absolute atomic E-state index is 0.250. The lowest BCUT2D eigenvalue weighted by Crippen LogP contribution is -2.19. The highest BCUT2D eigenvalue weighted by Crippen LogP contribution is 2.28. The first-order valence-electron chi connectivity index (χ1n) is 6.58. The Balaban J connectivity index is 0.000000497. The second kappa shape index (κ2) is 7.58. The zero-order valence-corrected chi connectivity index (χ0v) is 12.5. The van der Waals surface area contributed by atoms with E-state index in [9.17, 15) is 0 Å². The number of ether oxygens (including phenoxy) is 1. The quantitative estimate of drug-likeness (QED) is 0.878. The fourth-order valence-electron chi connectivity index (χ4n) is 2.16. The van der Waals surface area contributed by atoms with Crippen molar-refractivity contribution in [3.05, 3.63) is 23.6 Å². The molecule has 112 valence electrons. The monoisotopic (exact) mass is 307 g/mol. The average molecular weight is 307 g/mol. The molecule has 0 aliphatic carbocycles. The van der Waals surface area contributed by atoms with Crippen molar-refractivity contribution in [1.82, 2.24) is 9.97 Å². The molecule has 0 radical (unpaired) electrons. The van der Waals surface area contributed by atoms with E-state index in [1.165, 1.54) is 12.8 Å². The van der Waals surface area contributed by atoms with Gasteiger partial charge in [0, 0.05) is 19.2 Å². The number of hydrogen-bond acceptors (Lipinski definition) is 6. The standard InChI is InChI=1S/C13H15N3OS.CH2O2/c1-17-13-14-10(11-5-4-8-18-11)9-12(15-13)16-6-2-3-7-16;2-1-3/h4-5,8-9H,2-3,6-7H2,1H3;1H,(H,2,3). The molecule has 3 heterocycles. The maximum atomic E-state index is 8.36. The molecule has 1 aliphatic rings. The smallest absolute Gasteiger partial charge is 0.318 e. The van der Waals surface area contributed by atoms with Crippen LogP contribution in [0.2, 0.25) is 0 Å². The SMILES string of the molecule is COc1nc(-c2cccs2)cc(N2CCCC2)n1.O=CO. The lowest BCUT2D eigenvalue weighted by Gasteiger charge is -2.17. The van der Waals surface area contributed by atoms with Gasteiger partial charge in [-0.05, 0) is 24.3 Å². The van der Waals surface area contributed by atoms with Gasteiger partial charge < -0.3 is 14.7 Å². The summed E-state index contributed by atoms with van der Waals surface area (Å²) in [6, 6.07) is 6.60. The molecular weight excluding hydrogens is 290 g/mol. The van der Waals surface area contributed by atoms with Gasteiger partial charge in [-0.2, -0.15) is 9.97 Å². The molecule has 2 aromatic rings. The van der Waals surface area contributed by atoms with Crippen molar-refractivity contribution in [2.45, 2.75) is 12.8 Å². The van der Waals surface area contributed by atoms with Crippen LogP contribution in [0.3, 0.4) is 0 Å². The lowest BCUT2D eigenvalue weighted by atomic mass is 10.3. The second-order valence-electron chi connectivity index (χ2n) is 4.37. The van der Waals surface area contributed by atoms with Crippen LogP contribution < -0.4 is 9.64 Å². The molecule has 1 aliphatic heterocycles. The molecule has 0 saturated carbocycles. The molecule has 21 heavy (non-hydrogen) atoms. The highest BCUT2D eigenvalue weighted by atomic mass is 32.1. The van der Waals surface area contributed by atoms with Gasteiger partial charge in [0.2, 0.25) is 0 Å². The molecule has 6 nitrogen and oxygen atoms in total. The lowest BCUT2D eigenvalue weighted by molar-refractivity contribution is -0.122. The summed E-state index contributed by atoms with van der Waals surface area (Å²) < 4.78 is 5.21. The first-order chi connectivity index (χ1) is 10.3. The van der Waals surface area contributed by atoms with E-state index < -0.39 is 0 Å². The van der Waals surface area contributed by atoms with Crippen LogP contribution in [-0.2, 0) is 4.79 Å². The van der Waals surface area contributed by atoms with E-state index in [-0.39, 0.29) is 6.47 Å². The number of carbonyl (C=O) groups is 1. The van der Waals surface area contributed by atoms with Gasteiger partial charge in [0.25, 0.3) is 6.47 Å². The number of hydrogen-bond donors (Lipinski definition) is 1. The Labute approximate surface area is 127 Å². The van der Waals surface area contributed by atoms with Crippen LogP contribution in [0.15, 0.2) is 23.6 Å². The number of carboxylic acid groups (broad SMARTS) is 1.